The molecule has 0 bridgehead atoms. The normalized spacial score (nSPS) is 15.9. The molecular formula is C15H24N2. The molecule has 0 radical (unpaired) electrons. The monoisotopic (exact) mass is 232 g/mol. The second-order valence-electron chi connectivity index (χ2n) is 5.16. The summed E-state index contributed by atoms with van der Waals surface area (Å²) in [5.41, 5.74) is 19.7. The molecule has 0 aliphatic heterocycles. The molecule has 4 N–H and O–H groups in total. The van der Waals surface area contributed by atoms with Crippen molar-refractivity contribution in [3.05, 3.63) is 22.3 Å². The van der Waals surface area contributed by atoms with Crippen molar-refractivity contribution < 1.29 is 0 Å². The van der Waals surface area contributed by atoms with Gasteiger partial charge in [0, 0.05) is 11.4 Å². The number of hydrogen-bond acceptors (Lipinski definition) is 2. The molecule has 1 aliphatic rings. The highest BCUT2D eigenvalue weighted by molar-refractivity contribution is 5.72. The molecule has 0 saturated heterocycles. The molecule has 94 valence electrons. The zero-order chi connectivity index (χ0) is 12.6. The summed E-state index contributed by atoms with van der Waals surface area (Å²) in [5, 5.41) is 0. The highest BCUT2D eigenvalue weighted by Gasteiger charge is 2.27. The minimum Gasteiger partial charge on any atom is -0.398 e. The summed E-state index contributed by atoms with van der Waals surface area (Å²) in [5.74, 6) is 0.713. The number of hydrogen-bond donors (Lipinski definition) is 2. The van der Waals surface area contributed by atoms with E-state index in [2.05, 4.69) is 13.8 Å². The van der Waals surface area contributed by atoms with Gasteiger partial charge in [-0.2, -0.15) is 0 Å². The summed E-state index contributed by atoms with van der Waals surface area (Å²) in [6, 6.07) is 0. The molecule has 0 amide bonds. The number of anilines is 2. The van der Waals surface area contributed by atoms with Gasteiger partial charge in [-0.3, -0.25) is 0 Å². The fourth-order valence-corrected chi connectivity index (χ4v) is 3.02. The minimum atomic E-state index is 0.713. The molecule has 0 unspecified atom stereocenters. The Balaban J connectivity index is 2.67. The lowest BCUT2D eigenvalue weighted by atomic mass is 9.74. The summed E-state index contributed by atoms with van der Waals surface area (Å²) in [7, 11) is 0. The van der Waals surface area contributed by atoms with Gasteiger partial charge >= 0.3 is 0 Å². The zero-order valence-corrected chi connectivity index (χ0v) is 11.3. The number of benzene rings is 1. The molecule has 1 aromatic carbocycles. The van der Waals surface area contributed by atoms with Gasteiger partial charge in [0.15, 0.2) is 0 Å². The zero-order valence-electron chi connectivity index (χ0n) is 11.3. The third kappa shape index (κ3) is 1.80. The molecule has 1 fully saturated rings. The lowest BCUT2D eigenvalue weighted by Crippen LogP contribution is -2.17. The van der Waals surface area contributed by atoms with Crippen LogP contribution < -0.4 is 11.5 Å². The summed E-state index contributed by atoms with van der Waals surface area (Å²) in [6.45, 7) is 6.44. The molecule has 1 aliphatic carbocycles. The smallest absolute Gasteiger partial charge is 0.0399 e. The Morgan fingerprint density at radius 3 is 1.76 bits per heavy atom. The van der Waals surface area contributed by atoms with Crippen molar-refractivity contribution in [3.63, 3.8) is 0 Å². The van der Waals surface area contributed by atoms with Crippen molar-refractivity contribution in [2.75, 3.05) is 11.5 Å². The first kappa shape index (κ1) is 12.3. The molecule has 0 aromatic heterocycles. The summed E-state index contributed by atoms with van der Waals surface area (Å²) < 4.78 is 0. The lowest BCUT2D eigenvalue weighted by Gasteiger charge is -2.32. The van der Waals surface area contributed by atoms with Gasteiger partial charge in [-0.05, 0) is 60.8 Å². The van der Waals surface area contributed by atoms with Crippen molar-refractivity contribution in [2.45, 2.75) is 58.8 Å². The van der Waals surface area contributed by atoms with E-state index in [4.69, 9.17) is 11.5 Å². The summed E-state index contributed by atoms with van der Waals surface area (Å²) in [6.07, 6.45) is 6.01. The van der Waals surface area contributed by atoms with Gasteiger partial charge in [0.1, 0.15) is 0 Å². The summed E-state index contributed by atoms with van der Waals surface area (Å²) in [4.78, 5) is 0. The molecule has 0 atom stereocenters. The fourth-order valence-electron chi connectivity index (χ4n) is 3.02. The quantitative estimate of drug-likeness (QED) is 0.783. The summed E-state index contributed by atoms with van der Waals surface area (Å²) >= 11 is 0. The minimum absolute atomic E-state index is 0.713. The van der Waals surface area contributed by atoms with E-state index in [1.807, 2.05) is 6.92 Å². The largest absolute Gasteiger partial charge is 0.398 e. The highest BCUT2D eigenvalue weighted by atomic mass is 14.6. The maximum Gasteiger partial charge on any atom is 0.0399 e. The Bertz CT molecular complexity index is 400. The van der Waals surface area contributed by atoms with Gasteiger partial charge in [0.25, 0.3) is 0 Å². The fraction of sp³-hybridized carbons (Fsp3) is 0.600. The van der Waals surface area contributed by atoms with Crippen molar-refractivity contribution in [2.24, 2.45) is 0 Å². The second-order valence-corrected chi connectivity index (χ2v) is 5.16. The third-order valence-corrected chi connectivity index (χ3v) is 4.33. The van der Waals surface area contributed by atoms with Crippen molar-refractivity contribution >= 4 is 11.4 Å². The second kappa shape index (κ2) is 4.59. The van der Waals surface area contributed by atoms with Gasteiger partial charge in [-0.25, -0.2) is 0 Å². The van der Waals surface area contributed by atoms with Gasteiger partial charge < -0.3 is 11.5 Å². The van der Waals surface area contributed by atoms with E-state index in [1.54, 1.807) is 0 Å². The van der Waals surface area contributed by atoms with E-state index < -0.39 is 0 Å². The van der Waals surface area contributed by atoms with E-state index in [9.17, 15) is 0 Å². The third-order valence-electron chi connectivity index (χ3n) is 4.33. The predicted molar refractivity (Wildman–Crippen MR) is 75.4 cm³/mol. The average Bonchev–Trinajstić information content (AvgIpc) is 2.25. The maximum absolute atomic E-state index is 6.25. The molecule has 0 heterocycles. The molecule has 1 saturated carbocycles. The lowest BCUT2D eigenvalue weighted by molar-refractivity contribution is 0.415. The molecule has 1 aromatic rings. The molecule has 17 heavy (non-hydrogen) atoms. The van der Waals surface area contributed by atoms with E-state index in [0.29, 0.717) is 5.92 Å². The van der Waals surface area contributed by atoms with E-state index >= 15 is 0 Å². The standard InChI is InChI=1S/C15H24N2/c1-4-11-13(10-7-6-8-10)12(5-2)15(17)9(3)14(11)16/h10H,4-8,16-17H2,1-3H3. The Morgan fingerprint density at radius 2 is 1.47 bits per heavy atom. The molecule has 2 heteroatoms. The van der Waals surface area contributed by atoms with Crippen molar-refractivity contribution in [1.82, 2.24) is 0 Å². The van der Waals surface area contributed by atoms with Crippen LogP contribution >= 0.6 is 0 Å². The van der Waals surface area contributed by atoms with Gasteiger partial charge in [-0.1, -0.05) is 20.3 Å². The van der Waals surface area contributed by atoms with E-state index in [1.165, 1.54) is 36.0 Å². The Morgan fingerprint density at radius 1 is 1.00 bits per heavy atom. The predicted octanol–water partition coefficient (Wildman–Crippen LogP) is 3.55. The maximum atomic E-state index is 6.25. The van der Waals surface area contributed by atoms with Crippen LogP contribution in [0.2, 0.25) is 0 Å². The number of nitrogen functional groups attached to an aromatic ring is 2. The number of rotatable bonds is 3. The Labute approximate surface area is 104 Å². The first-order valence-corrected chi connectivity index (χ1v) is 6.80. The molecule has 2 nitrogen and oxygen atoms in total. The van der Waals surface area contributed by atoms with Crippen LogP contribution in [0.1, 0.15) is 61.3 Å². The van der Waals surface area contributed by atoms with Crippen LogP contribution in [0.3, 0.4) is 0 Å². The Kier molecular flexibility index (Phi) is 3.32. The SMILES string of the molecule is CCc1c(N)c(C)c(N)c(CC)c1C1CCC1. The molecular weight excluding hydrogens is 208 g/mol. The van der Waals surface area contributed by atoms with Crippen LogP contribution in [0, 0.1) is 6.92 Å². The van der Waals surface area contributed by atoms with Crippen LogP contribution in [-0.2, 0) is 12.8 Å². The first-order valence-electron chi connectivity index (χ1n) is 6.80. The van der Waals surface area contributed by atoms with Crippen LogP contribution in [0.5, 0.6) is 0 Å². The topological polar surface area (TPSA) is 52.0 Å². The average molecular weight is 232 g/mol. The molecule has 0 spiro atoms. The van der Waals surface area contributed by atoms with Gasteiger partial charge in [0.2, 0.25) is 0 Å². The van der Waals surface area contributed by atoms with Crippen molar-refractivity contribution in [1.29, 1.82) is 0 Å². The van der Waals surface area contributed by atoms with Crippen LogP contribution in [0.25, 0.3) is 0 Å². The molecule has 2 rings (SSSR count). The van der Waals surface area contributed by atoms with Gasteiger partial charge in [-0.15, -0.1) is 0 Å². The van der Waals surface area contributed by atoms with Crippen LogP contribution in [0.4, 0.5) is 11.4 Å². The van der Waals surface area contributed by atoms with Crippen LogP contribution in [-0.4, -0.2) is 0 Å². The van der Waals surface area contributed by atoms with Gasteiger partial charge in [0.05, 0.1) is 0 Å². The Hall–Kier alpha value is -1.18. The van der Waals surface area contributed by atoms with E-state index in [0.717, 1.165) is 29.8 Å². The van der Waals surface area contributed by atoms with Crippen LogP contribution in [0.15, 0.2) is 0 Å². The first-order chi connectivity index (χ1) is 8.11. The van der Waals surface area contributed by atoms with Crippen molar-refractivity contribution in [3.8, 4) is 0 Å². The highest BCUT2D eigenvalue weighted by Crippen LogP contribution is 2.44. The van der Waals surface area contributed by atoms with E-state index in [-0.39, 0.29) is 0 Å². The number of nitrogens with two attached hydrogens (primary N) is 2.